The van der Waals surface area contributed by atoms with E-state index in [2.05, 4.69) is 0 Å². The Hall–Kier alpha value is -1.51. The van der Waals surface area contributed by atoms with E-state index in [0.717, 1.165) is 18.2 Å². The summed E-state index contributed by atoms with van der Waals surface area (Å²) >= 11 is 0. The summed E-state index contributed by atoms with van der Waals surface area (Å²) in [6.07, 6.45) is 1.32. The lowest BCUT2D eigenvalue weighted by Crippen LogP contribution is -2.44. The molecule has 1 aliphatic rings. The van der Waals surface area contributed by atoms with Crippen molar-refractivity contribution in [2.45, 2.75) is 23.8 Å². The molecular formula is C14H19FN2O4S. The van der Waals surface area contributed by atoms with Crippen molar-refractivity contribution >= 4 is 16.0 Å². The van der Waals surface area contributed by atoms with Crippen molar-refractivity contribution in [3.63, 3.8) is 0 Å². The zero-order chi connectivity index (χ0) is 16.5. The average Bonchev–Trinajstić information content (AvgIpc) is 2.47. The van der Waals surface area contributed by atoms with Gasteiger partial charge in [0, 0.05) is 19.1 Å². The molecule has 1 heterocycles. The molecule has 6 nitrogen and oxygen atoms in total. The number of carboxylic acid groups (broad SMARTS) is 1. The molecule has 1 saturated heterocycles. The summed E-state index contributed by atoms with van der Waals surface area (Å²) in [6, 6.07) is 3.10. The zero-order valence-corrected chi connectivity index (χ0v) is 13.3. The molecule has 1 aliphatic heterocycles. The number of hydrogen-bond acceptors (Lipinski definition) is 4. The Kier molecular flexibility index (Phi) is 4.84. The smallest absolute Gasteiger partial charge is 0.335 e. The highest BCUT2D eigenvalue weighted by Gasteiger charge is 2.32. The van der Waals surface area contributed by atoms with Gasteiger partial charge in [0.2, 0.25) is 10.0 Å². The van der Waals surface area contributed by atoms with Crippen LogP contribution in [0.25, 0.3) is 0 Å². The number of piperidine rings is 1. The van der Waals surface area contributed by atoms with Gasteiger partial charge in [-0.3, -0.25) is 0 Å². The second-order valence-corrected chi connectivity index (χ2v) is 7.46. The number of aromatic carboxylic acids is 1. The lowest BCUT2D eigenvalue weighted by Gasteiger charge is -2.34. The van der Waals surface area contributed by atoms with Crippen molar-refractivity contribution in [1.29, 1.82) is 0 Å². The third-order valence-corrected chi connectivity index (χ3v) is 5.86. The standard InChI is InChI=1S/C14H19FN2O4S/c1-16(2)11-5-7-17(8-6-11)22(20,21)13-9-10(14(18)19)3-4-12(13)15/h3-4,9,11H,5-8H2,1-2H3,(H,18,19). The Morgan fingerprint density at radius 3 is 2.41 bits per heavy atom. The van der Waals surface area contributed by atoms with Crippen LogP contribution in [-0.2, 0) is 10.0 Å². The molecule has 0 amide bonds. The number of hydrogen-bond donors (Lipinski definition) is 1. The van der Waals surface area contributed by atoms with Gasteiger partial charge < -0.3 is 10.0 Å². The van der Waals surface area contributed by atoms with Crippen LogP contribution in [0.5, 0.6) is 0 Å². The normalized spacial score (nSPS) is 17.8. The molecule has 0 radical (unpaired) electrons. The highest BCUT2D eigenvalue weighted by molar-refractivity contribution is 7.89. The van der Waals surface area contributed by atoms with Gasteiger partial charge in [-0.05, 0) is 45.1 Å². The van der Waals surface area contributed by atoms with Crippen molar-refractivity contribution in [2.75, 3.05) is 27.2 Å². The molecule has 0 aliphatic carbocycles. The maximum Gasteiger partial charge on any atom is 0.335 e. The summed E-state index contributed by atoms with van der Waals surface area (Å²) in [6.45, 7) is 0.587. The summed E-state index contributed by atoms with van der Waals surface area (Å²) in [5.74, 6) is -2.22. The minimum atomic E-state index is -4.02. The summed E-state index contributed by atoms with van der Waals surface area (Å²) in [7, 11) is -0.151. The largest absolute Gasteiger partial charge is 0.478 e. The highest BCUT2D eigenvalue weighted by atomic mass is 32.2. The molecule has 0 aromatic heterocycles. The quantitative estimate of drug-likeness (QED) is 0.899. The molecule has 1 N–H and O–H groups in total. The second-order valence-electron chi connectivity index (χ2n) is 5.55. The van der Waals surface area contributed by atoms with Gasteiger partial charge in [0.05, 0.1) is 5.56 Å². The minimum absolute atomic E-state index is 0.247. The second kappa shape index (κ2) is 6.31. The van der Waals surface area contributed by atoms with Gasteiger partial charge in [0.1, 0.15) is 10.7 Å². The molecule has 122 valence electrons. The molecule has 2 rings (SSSR count). The lowest BCUT2D eigenvalue weighted by atomic mass is 10.1. The van der Waals surface area contributed by atoms with Gasteiger partial charge in [0.15, 0.2) is 0 Å². The molecular weight excluding hydrogens is 311 g/mol. The number of rotatable bonds is 4. The van der Waals surface area contributed by atoms with Crippen LogP contribution >= 0.6 is 0 Å². The third-order valence-electron chi connectivity index (χ3n) is 3.95. The van der Waals surface area contributed by atoms with Crippen LogP contribution in [0.4, 0.5) is 4.39 Å². The molecule has 1 fully saturated rings. The van der Waals surface area contributed by atoms with Gasteiger partial charge >= 0.3 is 5.97 Å². The van der Waals surface area contributed by atoms with Gasteiger partial charge in [0.25, 0.3) is 0 Å². The molecule has 0 unspecified atom stereocenters. The van der Waals surface area contributed by atoms with E-state index < -0.39 is 26.7 Å². The summed E-state index contributed by atoms with van der Waals surface area (Å²) < 4.78 is 40.2. The SMILES string of the molecule is CN(C)C1CCN(S(=O)(=O)c2cc(C(=O)O)ccc2F)CC1. The molecule has 0 saturated carbocycles. The van der Waals surface area contributed by atoms with Crippen molar-refractivity contribution in [3.8, 4) is 0 Å². The van der Waals surface area contributed by atoms with E-state index in [-0.39, 0.29) is 5.56 Å². The van der Waals surface area contributed by atoms with E-state index in [4.69, 9.17) is 5.11 Å². The maximum absolute atomic E-state index is 13.9. The topological polar surface area (TPSA) is 77.9 Å². The monoisotopic (exact) mass is 330 g/mol. The Morgan fingerprint density at radius 2 is 1.91 bits per heavy atom. The first-order valence-corrected chi connectivity index (χ1v) is 8.37. The van der Waals surface area contributed by atoms with Crippen LogP contribution in [0.2, 0.25) is 0 Å². The fourth-order valence-electron chi connectivity index (χ4n) is 2.57. The highest BCUT2D eigenvalue weighted by Crippen LogP contribution is 2.25. The van der Waals surface area contributed by atoms with Crippen molar-refractivity contribution < 1.29 is 22.7 Å². The number of carboxylic acids is 1. The number of benzene rings is 1. The van der Waals surface area contributed by atoms with Gasteiger partial charge in [-0.15, -0.1) is 0 Å². The van der Waals surface area contributed by atoms with E-state index >= 15 is 0 Å². The number of nitrogens with zero attached hydrogens (tertiary/aromatic N) is 2. The summed E-state index contributed by atoms with van der Waals surface area (Å²) in [5.41, 5.74) is -0.247. The fraction of sp³-hybridized carbons (Fsp3) is 0.500. The Labute approximate surface area is 129 Å². The molecule has 22 heavy (non-hydrogen) atoms. The number of sulfonamides is 1. The van der Waals surface area contributed by atoms with Crippen molar-refractivity contribution in [3.05, 3.63) is 29.6 Å². The van der Waals surface area contributed by atoms with Crippen molar-refractivity contribution in [2.24, 2.45) is 0 Å². The Bertz CT molecular complexity index is 667. The minimum Gasteiger partial charge on any atom is -0.478 e. The van der Waals surface area contributed by atoms with E-state index in [1.807, 2.05) is 19.0 Å². The van der Waals surface area contributed by atoms with Gasteiger partial charge in [-0.25, -0.2) is 17.6 Å². The van der Waals surface area contributed by atoms with E-state index in [9.17, 15) is 17.6 Å². The summed E-state index contributed by atoms with van der Waals surface area (Å²) in [5, 5.41) is 8.94. The van der Waals surface area contributed by atoms with E-state index in [1.165, 1.54) is 4.31 Å². The molecule has 1 aromatic carbocycles. The molecule has 0 spiro atoms. The number of carbonyl (C=O) groups is 1. The predicted molar refractivity (Wildman–Crippen MR) is 78.8 cm³/mol. The van der Waals surface area contributed by atoms with Gasteiger partial charge in [-0.2, -0.15) is 4.31 Å². The zero-order valence-electron chi connectivity index (χ0n) is 12.5. The average molecular weight is 330 g/mol. The van der Waals surface area contributed by atoms with Crippen LogP contribution in [0.1, 0.15) is 23.2 Å². The maximum atomic E-state index is 13.9. The molecule has 0 bridgehead atoms. The Balaban J connectivity index is 2.28. The molecule has 1 aromatic rings. The first-order valence-electron chi connectivity index (χ1n) is 6.93. The number of halogens is 1. The van der Waals surface area contributed by atoms with E-state index in [0.29, 0.717) is 32.0 Å². The third kappa shape index (κ3) is 3.29. The van der Waals surface area contributed by atoms with E-state index in [1.54, 1.807) is 0 Å². The molecule has 8 heteroatoms. The van der Waals surface area contributed by atoms with Gasteiger partial charge in [-0.1, -0.05) is 0 Å². The fourth-order valence-corrected chi connectivity index (χ4v) is 4.13. The first-order chi connectivity index (χ1) is 10.2. The molecule has 0 atom stereocenters. The van der Waals surface area contributed by atoms with Crippen LogP contribution in [0.3, 0.4) is 0 Å². The summed E-state index contributed by atoms with van der Waals surface area (Å²) in [4.78, 5) is 12.4. The first kappa shape index (κ1) is 16.9. The van der Waals surface area contributed by atoms with Crippen LogP contribution in [0.15, 0.2) is 23.1 Å². The predicted octanol–water partition coefficient (Wildman–Crippen LogP) is 1.24. The van der Waals surface area contributed by atoms with Crippen LogP contribution in [-0.4, -0.2) is 61.9 Å². The van der Waals surface area contributed by atoms with Crippen molar-refractivity contribution in [1.82, 2.24) is 9.21 Å². The van der Waals surface area contributed by atoms with Crippen LogP contribution < -0.4 is 0 Å². The Morgan fingerprint density at radius 1 is 1.32 bits per heavy atom. The van der Waals surface area contributed by atoms with Crippen LogP contribution in [0, 0.1) is 5.82 Å². The lowest BCUT2D eigenvalue weighted by molar-refractivity contribution is 0.0696.